The summed E-state index contributed by atoms with van der Waals surface area (Å²) in [5, 5.41) is 3.50. The van der Waals surface area contributed by atoms with Gasteiger partial charge in [0.2, 0.25) is 0 Å². The molecule has 1 aromatic rings. The van der Waals surface area contributed by atoms with Crippen LogP contribution in [0.4, 0.5) is 0 Å². The van der Waals surface area contributed by atoms with Gasteiger partial charge in [0.25, 0.3) is 0 Å². The van der Waals surface area contributed by atoms with Crippen LogP contribution in [0.5, 0.6) is 0 Å². The molecule has 1 aromatic heterocycles. The zero-order chi connectivity index (χ0) is 12.3. The van der Waals surface area contributed by atoms with Crippen molar-refractivity contribution >= 4 is 38.9 Å². The average molecular weight is 339 g/mol. The lowest BCUT2D eigenvalue weighted by atomic mass is 10.00. The topological polar surface area (TPSA) is 21.3 Å². The van der Waals surface area contributed by atoms with Crippen molar-refractivity contribution in [1.29, 1.82) is 0 Å². The van der Waals surface area contributed by atoms with Crippen LogP contribution >= 0.6 is 38.9 Å². The van der Waals surface area contributed by atoms with E-state index >= 15 is 0 Å². The van der Waals surface area contributed by atoms with Gasteiger partial charge in [-0.25, -0.2) is 0 Å². The van der Waals surface area contributed by atoms with Gasteiger partial charge in [-0.2, -0.15) is 0 Å². The molecule has 0 aliphatic carbocycles. The minimum absolute atomic E-state index is 0.446. The van der Waals surface area contributed by atoms with Gasteiger partial charge < -0.3 is 10.1 Å². The molecule has 1 saturated heterocycles. The Balaban J connectivity index is 1.75. The van der Waals surface area contributed by atoms with Crippen LogP contribution in [0.15, 0.2) is 10.5 Å². The Morgan fingerprint density at radius 1 is 1.65 bits per heavy atom. The number of hydrogen-bond donors (Lipinski definition) is 1. The normalized spacial score (nSPS) is 24.4. The Morgan fingerprint density at radius 2 is 2.47 bits per heavy atom. The third kappa shape index (κ3) is 3.67. The first-order valence-corrected chi connectivity index (χ1v) is 7.95. The van der Waals surface area contributed by atoms with Crippen LogP contribution in [-0.2, 0) is 11.3 Å². The van der Waals surface area contributed by atoms with E-state index in [0.29, 0.717) is 12.0 Å². The first kappa shape index (κ1) is 13.8. The monoisotopic (exact) mass is 337 g/mol. The second-order valence-electron chi connectivity index (χ2n) is 4.33. The van der Waals surface area contributed by atoms with Crippen LogP contribution in [-0.4, -0.2) is 19.3 Å². The summed E-state index contributed by atoms with van der Waals surface area (Å²) in [7, 11) is 0. The number of halogens is 2. The average Bonchev–Trinajstić information content (AvgIpc) is 2.87. The van der Waals surface area contributed by atoms with E-state index in [1.54, 1.807) is 11.3 Å². The van der Waals surface area contributed by atoms with Gasteiger partial charge in [0, 0.05) is 29.0 Å². The molecule has 2 atom stereocenters. The molecular formula is C12H17BrClNOS. The minimum atomic E-state index is 0.446. The van der Waals surface area contributed by atoms with Gasteiger partial charge in [-0.15, -0.1) is 11.3 Å². The Hall–Kier alpha value is 0.390. The maximum Gasteiger partial charge on any atom is 0.107 e. The van der Waals surface area contributed by atoms with E-state index in [9.17, 15) is 0 Å². The molecule has 0 radical (unpaired) electrons. The lowest BCUT2D eigenvalue weighted by molar-refractivity contribution is 0.0872. The van der Waals surface area contributed by atoms with E-state index in [0.717, 1.165) is 34.9 Å². The van der Waals surface area contributed by atoms with Gasteiger partial charge in [-0.05, 0) is 40.8 Å². The number of nitrogens with one attached hydrogen (secondary N) is 1. The Labute approximate surface area is 120 Å². The Bertz CT molecular complexity index is 352. The third-order valence-corrected chi connectivity index (χ3v) is 5.63. The predicted octanol–water partition coefficient (Wildman–Crippen LogP) is 4.07. The summed E-state index contributed by atoms with van der Waals surface area (Å²) >= 11 is 11.1. The van der Waals surface area contributed by atoms with E-state index in [1.165, 1.54) is 11.3 Å². The molecule has 1 aliphatic rings. The third-order valence-electron chi connectivity index (χ3n) is 3.15. The van der Waals surface area contributed by atoms with Crippen LogP contribution in [0.1, 0.15) is 24.6 Å². The van der Waals surface area contributed by atoms with Crippen LogP contribution in [0.2, 0.25) is 4.34 Å². The van der Waals surface area contributed by atoms with Crippen molar-refractivity contribution in [2.75, 3.05) is 13.2 Å². The van der Waals surface area contributed by atoms with E-state index in [-0.39, 0.29) is 0 Å². The van der Waals surface area contributed by atoms with Crippen molar-refractivity contribution in [2.24, 2.45) is 5.92 Å². The highest BCUT2D eigenvalue weighted by atomic mass is 79.9. The van der Waals surface area contributed by atoms with Crippen molar-refractivity contribution < 1.29 is 4.74 Å². The molecule has 2 unspecified atom stereocenters. The highest BCUT2D eigenvalue weighted by Gasteiger charge is 2.25. The van der Waals surface area contributed by atoms with E-state index in [4.69, 9.17) is 16.3 Å². The smallest absolute Gasteiger partial charge is 0.107 e. The number of ether oxygens (including phenoxy) is 1. The number of thiophene rings is 1. The second-order valence-corrected chi connectivity index (χ2v) is 6.92. The van der Waals surface area contributed by atoms with Crippen LogP contribution in [0, 0.1) is 5.92 Å². The second kappa shape index (κ2) is 6.53. The molecule has 0 saturated carbocycles. The van der Waals surface area contributed by atoms with Crippen molar-refractivity contribution in [3.8, 4) is 0 Å². The molecule has 96 valence electrons. The molecule has 0 aromatic carbocycles. The summed E-state index contributed by atoms with van der Waals surface area (Å²) in [5.74, 6) is 0.666. The summed E-state index contributed by atoms with van der Waals surface area (Å²) in [6, 6.07) is 2.09. The lowest BCUT2D eigenvalue weighted by Gasteiger charge is -2.16. The van der Waals surface area contributed by atoms with Crippen LogP contribution < -0.4 is 5.32 Å². The van der Waals surface area contributed by atoms with Crippen molar-refractivity contribution in [1.82, 2.24) is 5.32 Å². The number of rotatable bonds is 5. The standard InChI is InChI=1S/C12H17BrClNOS/c1-2-11-8(3-4-16-11)6-15-7-9-5-10(13)12(14)17-9/h5,8,11,15H,2-4,6-7H2,1H3. The van der Waals surface area contributed by atoms with E-state index in [1.807, 2.05) is 0 Å². The highest BCUT2D eigenvalue weighted by Crippen LogP contribution is 2.32. The molecule has 0 amide bonds. The summed E-state index contributed by atoms with van der Waals surface area (Å²) < 4.78 is 7.50. The maximum atomic E-state index is 6.00. The zero-order valence-electron chi connectivity index (χ0n) is 9.84. The molecule has 2 heterocycles. The van der Waals surface area contributed by atoms with E-state index < -0.39 is 0 Å². The van der Waals surface area contributed by atoms with Gasteiger partial charge in [0.15, 0.2) is 0 Å². The summed E-state index contributed by atoms with van der Waals surface area (Å²) in [6.07, 6.45) is 2.74. The SMILES string of the molecule is CCC1OCCC1CNCc1cc(Br)c(Cl)s1. The largest absolute Gasteiger partial charge is 0.378 e. The fraction of sp³-hybridized carbons (Fsp3) is 0.667. The van der Waals surface area contributed by atoms with E-state index in [2.05, 4.69) is 34.2 Å². The molecule has 1 aliphatic heterocycles. The fourth-order valence-electron chi connectivity index (χ4n) is 2.24. The molecular weight excluding hydrogens is 322 g/mol. The molecule has 2 nitrogen and oxygen atoms in total. The van der Waals surface area contributed by atoms with Crippen LogP contribution in [0.25, 0.3) is 0 Å². The zero-order valence-corrected chi connectivity index (χ0v) is 13.0. The number of hydrogen-bond acceptors (Lipinski definition) is 3. The highest BCUT2D eigenvalue weighted by molar-refractivity contribution is 9.10. The van der Waals surface area contributed by atoms with Gasteiger partial charge in [0.1, 0.15) is 4.34 Å². The van der Waals surface area contributed by atoms with Gasteiger partial charge in [-0.3, -0.25) is 0 Å². The quantitative estimate of drug-likeness (QED) is 0.874. The molecule has 17 heavy (non-hydrogen) atoms. The fourth-order valence-corrected chi connectivity index (χ4v) is 4.00. The van der Waals surface area contributed by atoms with Crippen molar-refractivity contribution in [3.63, 3.8) is 0 Å². The minimum Gasteiger partial charge on any atom is -0.378 e. The van der Waals surface area contributed by atoms with Crippen LogP contribution in [0.3, 0.4) is 0 Å². The summed E-state index contributed by atoms with van der Waals surface area (Å²) in [6.45, 7) is 5.04. The molecule has 0 bridgehead atoms. The first-order valence-electron chi connectivity index (χ1n) is 5.96. The molecule has 5 heteroatoms. The Morgan fingerprint density at radius 3 is 3.12 bits per heavy atom. The molecule has 1 N–H and O–H groups in total. The van der Waals surface area contributed by atoms with Gasteiger partial charge in [-0.1, -0.05) is 18.5 Å². The van der Waals surface area contributed by atoms with Gasteiger partial charge in [0.05, 0.1) is 6.10 Å². The maximum absolute atomic E-state index is 6.00. The van der Waals surface area contributed by atoms with Crippen molar-refractivity contribution in [2.45, 2.75) is 32.4 Å². The van der Waals surface area contributed by atoms with Crippen molar-refractivity contribution in [3.05, 3.63) is 19.8 Å². The predicted molar refractivity (Wildman–Crippen MR) is 76.9 cm³/mol. The summed E-state index contributed by atoms with van der Waals surface area (Å²) in [5.41, 5.74) is 0. The first-order chi connectivity index (χ1) is 8.20. The summed E-state index contributed by atoms with van der Waals surface area (Å²) in [4.78, 5) is 1.27. The Kier molecular flexibility index (Phi) is 5.30. The molecule has 2 rings (SSSR count). The van der Waals surface area contributed by atoms with Gasteiger partial charge >= 0.3 is 0 Å². The molecule has 1 fully saturated rings. The molecule has 0 spiro atoms. The lowest BCUT2D eigenvalue weighted by Crippen LogP contribution is -2.27.